The van der Waals surface area contributed by atoms with E-state index in [9.17, 15) is 0 Å². The van der Waals surface area contributed by atoms with Crippen LogP contribution in [-0.2, 0) is 0 Å². The molecule has 0 N–H and O–H groups in total. The summed E-state index contributed by atoms with van der Waals surface area (Å²) in [6.07, 6.45) is 5.19. The molecule has 0 aromatic heterocycles. The van der Waals surface area contributed by atoms with Crippen molar-refractivity contribution in [1.82, 2.24) is 0 Å². The van der Waals surface area contributed by atoms with Gasteiger partial charge in [-0.05, 0) is 157 Å². The van der Waals surface area contributed by atoms with Crippen LogP contribution in [0.2, 0.25) is 0 Å². The molecule has 13 aromatic carbocycles. The summed E-state index contributed by atoms with van der Waals surface area (Å²) < 4.78 is 0. The summed E-state index contributed by atoms with van der Waals surface area (Å²) in [5.74, 6) is -0.107. The Balaban J connectivity index is 0.982. The van der Waals surface area contributed by atoms with Crippen molar-refractivity contribution in [2.75, 3.05) is 0 Å². The number of carbonyl (C=O) groups is 1. The van der Waals surface area contributed by atoms with E-state index in [2.05, 4.69) is 297 Å². The maximum atomic E-state index is 16.2. The number of Topliss-reactive ketones (excluding diaryl/α,β-unsaturated/α-hetero) is 1. The van der Waals surface area contributed by atoms with Gasteiger partial charge in [0.2, 0.25) is 0 Å². The Kier molecular flexibility index (Phi) is 11.9. The topological polar surface area (TPSA) is 17.1 Å². The van der Waals surface area contributed by atoms with Crippen molar-refractivity contribution >= 4 is 54.4 Å². The van der Waals surface area contributed by atoms with E-state index in [4.69, 9.17) is 0 Å². The lowest BCUT2D eigenvalue weighted by molar-refractivity contribution is 0.103. The van der Waals surface area contributed by atoms with E-state index in [0.29, 0.717) is 11.1 Å². The van der Waals surface area contributed by atoms with Crippen LogP contribution in [0.15, 0.2) is 303 Å². The highest BCUT2D eigenvalue weighted by molar-refractivity contribution is 6.16. The highest BCUT2D eigenvalue weighted by Crippen LogP contribution is 2.46. The SMILES string of the molecule is O=C(C1=CC(c2ccc(-c3ccccc3)c3ccccc23)CC(c2ccc(-c3ccccc3)c3ccccc23)=C1)c1cc(-c2ccc(-c3ccccc3)c3ccccc23)cc(-c2ccc(-c3ccccc3)c3ccccc23)c1. The van der Waals surface area contributed by atoms with Crippen LogP contribution < -0.4 is 0 Å². The van der Waals surface area contributed by atoms with Gasteiger partial charge in [0.05, 0.1) is 0 Å². The molecule has 0 heterocycles. The molecule has 366 valence electrons. The molecular weight excluding hydrogens is 941 g/mol. The summed E-state index contributed by atoms with van der Waals surface area (Å²) in [6.45, 7) is 0. The lowest BCUT2D eigenvalue weighted by atomic mass is 9.78. The molecule has 0 saturated heterocycles. The van der Waals surface area contributed by atoms with E-state index in [-0.39, 0.29) is 11.7 Å². The van der Waals surface area contributed by atoms with Gasteiger partial charge in [0.1, 0.15) is 0 Å². The first-order chi connectivity index (χ1) is 38.6. The van der Waals surface area contributed by atoms with Crippen LogP contribution in [0.3, 0.4) is 0 Å². The summed E-state index contributed by atoms with van der Waals surface area (Å²) in [5.41, 5.74) is 18.4. The molecule has 0 amide bonds. The zero-order valence-electron chi connectivity index (χ0n) is 43.0. The van der Waals surface area contributed by atoms with Crippen molar-refractivity contribution in [2.24, 2.45) is 0 Å². The maximum Gasteiger partial charge on any atom is 0.192 e. The van der Waals surface area contributed by atoms with Gasteiger partial charge >= 0.3 is 0 Å². The van der Waals surface area contributed by atoms with Crippen molar-refractivity contribution in [1.29, 1.82) is 0 Å². The van der Waals surface area contributed by atoms with Gasteiger partial charge < -0.3 is 0 Å². The second kappa shape index (κ2) is 20.0. The number of fused-ring (bicyclic) bond motifs is 4. The minimum atomic E-state index is -0.0992. The van der Waals surface area contributed by atoms with Crippen LogP contribution in [0.5, 0.6) is 0 Å². The number of allylic oxidation sites excluding steroid dienone is 4. The number of benzene rings is 13. The highest BCUT2D eigenvalue weighted by Gasteiger charge is 2.27. The lowest BCUT2D eigenvalue weighted by Gasteiger charge is -2.25. The van der Waals surface area contributed by atoms with Gasteiger partial charge in [-0.2, -0.15) is 0 Å². The number of carbonyl (C=O) groups excluding carboxylic acids is 1. The fourth-order valence-electron chi connectivity index (χ4n) is 12.4. The number of hydrogen-bond donors (Lipinski definition) is 0. The standard InChI is InChI=1S/C77H52O/c78-77(59-47-55(65-41-37-61(51-21-5-1-6-22-51)69-29-13-17-33-73(65)69)45-56(48-59)66-42-38-62(52-23-7-2-8-24-52)70-30-14-18-34-74(66)70)60-49-57(67-43-39-63(53-25-9-3-10-26-53)71-31-15-19-35-75(67)71)46-58(50-60)68-44-40-64(54-27-11-4-12-28-54)72-32-16-20-36-76(68)72/h1-45,47-50,57H,46H2. The Hall–Kier alpha value is -9.95. The summed E-state index contributed by atoms with van der Waals surface area (Å²) in [5, 5.41) is 9.35. The Morgan fingerprint density at radius 3 is 0.962 bits per heavy atom. The zero-order chi connectivity index (χ0) is 51.9. The zero-order valence-corrected chi connectivity index (χ0v) is 43.0. The van der Waals surface area contributed by atoms with E-state index in [0.717, 1.165) is 50.6 Å². The van der Waals surface area contributed by atoms with Gasteiger partial charge in [-0.15, -0.1) is 0 Å². The molecule has 1 unspecified atom stereocenters. The predicted molar refractivity (Wildman–Crippen MR) is 330 cm³/mol. The second-order valence-electron chi connectivity index (χ2n) is 20.6. The quantitative estimate of drug-likeness (QED) is 0.125. The number of ketones is 1. The van der Waals surface area contributed by atoms with Crippen molar-refractivity contribution in [2.45, 2.75) is 12.3 Å². The Morgan fingerprint density at radius 1 is 0.282 bits per heavy atom. The van der Waals surface area contributed by atoms with Gasteiger partial charge in [-0.25, -0.2) is 0 Å². The van der Waals surface area contributed by atoms with Gasteiger partial charge in [0.25, 0.3) is 0 Å². The van der Waals surface area contributed by atoms with Crippen LogP contribution in [0.4, 0.5) is 0 Å². The monoisotopic (exact) mass is 992 g/mol. The van der Waals surface area contributed by atoms with Gasteiger partial charge in [-0.1, -0.05) is 273 Å². The maximum absolute atomic E-state index is 16.2. The molecule has 78 heavy (non-hydrogen) atoms. The predicted octanol–water partition coefficient (Wildman–Crippen LogP) is 20.7. The third kappa shape index (κ3) is 8.43. The van der Waals surface area contributed by atoms with Crippen molar-refractivity contribution in [3.8, 4) is 66.8 Å². The molecule has 1 aliphatic carbocycles. The third-order valence-corrected chi connectivity index (χ3v) is 16.0. The molecular formula is C77H52O. The molecule has 0 saturated carbocycles. The Bertz CT molecular complexity index is 4370. The van der Waals surface area contributed by atoms with E-state index in [1.807, 2.05) is 0 Å². The summed E-state index contributed by atoms with van der Waals surface area (Å²) in [7, 11) is 0. The van der Waals surface area contributed by atoms with Gasteiger partial charge in [0.15, 0.2) is 5.78 Å². The van der Waals surface area contributed by atoms with Crippen molar-refractivity contribution in [3.05, 3.63) is 320 Å². The molecule has 1 atom stereocenters. The smallest absolute Gasteiger partial charge is 0.192 e. The largest absolute Gasteiger partial charge is 0.289 e. The van der Waals surface area contributed by atoms with Crippen molar-refractivity contribution < 1.29 is 4.79 Å². The minimum absolute atomic E-state index is 0.00820. The average molecular weight is 993 g/mol. The van der Waals surface area contributed by atoms with Crippen LogP contribution in [0.25, 0.3) is 115 Å². The third-order valence-electron chi connectivity index (χ3n) is 16.0. The minimum Gasteiger partial charge on any atom is -0.289 e. The number of rotatable bonds is 10. The van der Waals surface area contributed by atoms with E-state index in [1.54, 1.807) is 0 Å². The molecule has 0 radical (unpaired) electrons. The molecule has 14 rings (SSSR count). The van der Waals surface area contributed by atoms with Crippen LogP contribution >= 0.6 is 0 Å². The fourth-order valence-corrected chi connectivity index (χ4v) is 12.4. The van der Waals surface area contributed by atoms with E-state index in [1.165, 1.54) is 82.4 Å². The molecule has 1 aliphatic rings. The average Bonchev–Trinajstić information content (AvgIpc) is 3.53. The summed E-state index contributed by atoms with van der Waals surface area (Å²) >= 11 is 0. The van der Waals surface area contributed by atoms with Crippen LogP contribution in [0.1, 0.15) is 33.8 Å². The molecule has 0 bridgehead atoms. The van der Waals surface area contributed by atoms with E-state index >= 15 is 4.79 Å². The van der Waals surface area contributed by atoms with Crippen LogP contribution in [-0.4, -0.2) is 5.78 Å². The lowest BCUT2D eigenvalue weighted by Crippen LogP contribution is -2.11. The fraction of sp³-hybridized carbons (Fsp3) is 0.0260. The molecule has 0 spiro atoms. The van der Waals surface area contributed by atoms with Gasteiger partial charge in [0, 0.05) is 17.1 Å². The number of hydrogen-bond acceptors (Lipinski definition) is 1. The normalized spacial score (nSPS) is 13.4. The summed E-state index contributed by atoms with van der Waals surface area (Å²) in [6, 6.07) is 102. The first kappa shape index (κ1) is 46.6. The molecule has 1 nitrogen and oxygen atoms in total. The highest BCUT2D eigenvalue weighted by atomic mass is 16.1. The molecule has 0 aliphatic heterocycles. The Labute approximate surface area is 455 Å². The summed E-state index contributed by atoms with van der Waals surface area (Å²) in [4.78, 5) is 16.2. The first-order valence-corrected chi connectivity index (χ1v) is 27.0. The van der Waals surface area contributed by atoms with Crippen molar-refractivity contribution in [3.63, 3.8) is 0 Å². The molecule has 13 aromatic rings. The van der Waals surface area contributed by atoms with E-state index < -0.39 is 0 Å². The van der Waals surface area contributed by atoms with Gasteiger partial charge in [-0.3, -0.25) is 4.79 Å². The first-order valence-electron chi connectivity index (χ1n) is 27.0. The second-order valence-corrected chi connectivity index (χ2v) is 20.6. The Morgan fingerprint density at radius 2 is 0.577 bits per heavy atom. The van der Waals surface area contributed by atoms with Crippen LogP contribution in [0, 0.1) is 0 Å². The molecule has 0 fully saturated rings. The molecule has 1 heteroatoms.